The summed E-state index contributed by atoms with van der Waals surface area (Å²) in [6.45, 7) is 6.14. The third-order valence-corrected chi connectivity index (χ3v) is 7.92. The lowest BCUT2D eigenvalue weighted by molar-refractivity contribution is -0.123. The van der Waals surface area contributed by atoms with Crippen molar-refractivity contribution in [2.24, 2.45) is 5.92 Å². The quantitative estimate of drug-likeness (QED) is 0.570. The van der Waals surface area contributed by atoms with Crippen molar-refractivity contribution in [3.8, 4) is 6.07 Å². The smallest absolute Gasteiger partial charge is 0.241 e. The number of carbonyl (C=O) groups is 2. The van der Waals surface area contributed by atoms with Gasteiger partial charge in [0.05, 0.1) is 11.3 Å². The van der Waals surface area contributed by atoms with Crippen LogP contribution in [-0.2, 0) is 14.8 Å². The lowest BCUT2D eigenvalue weighted by Gasteiger charge is -2.33. The standard InChI is InChI=1S/C25H30N4O4S/c1-4-8-23(30)22-15-21(16-26)24(27-17(22)2)29-13-11-20(12-14-29)25(31)28-34(32,33)18(3)19-9-6-5-7-10-19/h5-7,9-10,15,18,20H,4,8,11-14H2,1-3H3,(H,28,31). The second-order valence-electron chi connectivity index (χ2n) is 8.60. The van der Waals surface area contributed by atoms with Crippen LogP contribution < -0.4 is 9.62 Å². The SMILES string of the molecule is CCCC(=O)c1cc(C#N)c(N2CCC(C(=O)NS(=O)(=O)C(C)c3ccccc3)CC2)nc1C. The predicted octanol–water partition coefficient (Wildman–Crippen LogP) is 3.67. The van der Waals surface area contributed by atoms with E-state index in [9.17, 15) is 23.3 Å². The summed E-state index contributed by atoms with van der Waals surface area (Å²) >= 11 is 0. The minimum Gasteiger partial charge on any atom is -0.355 e. The summed E-state index contributed by atoms with van der Waals surface area (Å²) in [5.41, 5.74) is 1.98. The number of sulfonamides is 1. The first-order valence-electron chi connectivity index (χ1n) is 11.5. The van der Waals surface area contributed by atoms with Gasteiger partial charge in [0.1, 0.15) is 17.1 Å². The number of Topliss-reactive ketones (excluding diaryl/α,β-unsaturated/α-hetero) is 1. The van der Waals surface area contributed by atoms with Crippen LogP contribution >= 0.6 is 0 Å². The minimum absolute atomic E-state index is 0.0307. The zero-order valence-electron chi connectivity index (χ0n) is 19.7. The van der Waals surface area contributed by atoms with Crippen LogP contribution in [0.25, 0.3) is 0 Å². The van der Waals surface area contributed by atoms with Gasteiger partial charge in [0.2, 0.25) is 15.9 Å². The number of hydrogen-bond donors (Lipinski definition) is 1. The van der Waals surface area contributed by atoms with Crippen molar-refractivity contribution in [3.63, 3.8) is 0 Å². The minimum atomic E-state index is -3.86. The van der Waals surface area contributed by atoms with Gasteiger partial charge in [0, 0.05) is 31.0 Å². The third kappa shape index (κ3) is 5.62. The molecule has 1 N–H and O–H groups in total. The summed E-state index contributed by atoms with van der Waals surface area (Å²) in [4.78, 5) is 31.5. The van der Waals surface area contributed by atoms with E-state index in [1.165, 1.54) is 0 Å². The molecule has 34 heavy (non-hydrogen) atoms. The molecular formula is C25H30N4O4S. The second kappa shape index (κ2) is 10.8. The van der Waals surface area contributed by atoms with Crippen LogP contribution in [0.4, 0.5) is 5.82 Å². The fourth-order valence-electron chi connectivity index (χ4n) is 4.13. The number of carbonyl (C=O) groups excluding carboxylic acids is 2. The maximum absolute atomic E-state index is 12.7. The number of nitriles is 1. The van der Waals surface area contributed by atoms with E-state index in [1.54, 1.807) is 50.2 Å². The predicted molar refractivity (Wildman–Crippen MR) is 130 cm³/mol. The van der Waals surface area contributed by atoms with Crippen molar-refractivity contribution in [1.82, 2.24) is 9.71 Å². The van der Waals surface area contributed by atoms with Crippen molar-refractivity contribution in [2.45, 2.75) is 51.7 Å². The third-order valence-electron chi connectivity index (χ3n) is 6.23. The number of anilines is 1. The molecule has 9 heteroatoms. The molecule has 1 amide bonds. The zero-order chi connectivity index (χ0) is 24.9. The van der Waals surface area contributed by atoms with E-state index in [4.69, 9.17) is 0 Å². The lowest BCUT2D eigenvalue weighted by atomic mass is 9.95. The van der Waals surface area contributed by atoms with Gasteiger partial charge in [-0.25, -0.2) is 13.4 Å². The second-order valence-corrected chi connectivity index (χ2v) is 10.6. The molecule has 0 radical (unpaired) electrons. The molecule has 2 aromatic rings. The van der Waals surface area contributed by atoms with Gasteiger partial charge in [-0.15, -0.1) is 0 Å². The first-order valence-corrected chi connectivity index (χ1v) is 13.0. The Hall–Kier alpha value is -3.25. The number of ketones is 1. The molecule has 1 aliphatic rings. The number of hydrogen-bond acceptors (Lipinski definition) is 7. The molecule has 8 nitrogen and oxygen atoms in total. The van der Waals surface area contributed by atoms with E-state index in [2.05, 4.69) is 15.8 Å². The van der Waals surface area contributed by atoms with Crippen molar-refractivity contribution >= 4 is 27.5 Å². The Balaban J connectivity index is 1.67. The molecule has 0 bridgehead atoms. The molecule has 1 aliphatic heterocycles. The van der Waals surface area contributed by atoms with Gasteiger partial charge < -0.3 is 4.90 Å². The number of nitrogens with one attached hydrogen (secondary N) is 1. The zero-order valence-corrected chi connectivity index (χ0v) is 20.6. The van der Waals surface area contributed by atoms with Gasteiger partial charge in [0.25, 0.3) is 0 Å². The van der Waals surface area contributed by atoms with Gasteiger partial charge in [-0.2, -0.15) is 5.26 Å². The number of rotatable bonds is 8. The Morgan fingerprint density at radius 3 is 2.47 bits per heavy atom. The Kier molecular flexibility index (Phi) is 8.05. The maximum Gasteiger partial charge on any atom is 0.241 e. The first kappa shape index (κ1) is 25.4. The fourth-order valence-corrected chi connectivity index (χ4v) is 5.27. The number of aryl methyl sites for hydroxylation is 1. The van der Waals surface area contributed by atoms with E-state index < -0.39 is 27.1 Å². The summed E-state index contributed by atoms with van der Waals surface area (Å²) < 4.78 is 27.7. The summed E-state index contributed by atoms with van der Waals surface area (Å²) in [6, 6.07) is 12.5. The van der Waals surface area contributed by atoms with Gasteiger partial charge in [-0.05, 0) is 44.7 Å². The molecule has 1 saturated heterocycles. The Bertz CT molecular complexity index is 1200. The summed E-state index contributed by atoms with van der Waals surface area (Å²) in [5, 5.41) is 8.78. The fraction of sp³-hybridized carbons (Fsp3) is 0.440. The molecule has 1 atom stereocenters. The van der Waals surface area contributed by atoms with Gasteiger partial charge >= 0.3 is 0 Å². The molecule has 1 fully saturated rings. The van der Waals surface area contributed by atoms with Crippen LogP contribution in [-0.4, -0.2) is 38.2 Å². The van der Waals surface area contributed by atoms with Gasteiger partial charge in [-0.1, -0.05) is 37.3 Å². The number of piperidine rings is 1. The van der Waals surface area contributed by atoms with Crippen LogP contribution in [0.2, 0.25) is 0 Å². The highest BCUT2D eigenvalue weighted by atomic mass is 32.2. The van der Waals surface area contributed by atoms with Crippen molar-refractivity contribution in [3.05, 3.63) is 58.8 Å². The molecule has 0 spiro atoms. The molecule has 0 saturated carbocycles. The molecule has 2 heterocycles. The largest absolute Gasteiger partial charge is 0.355 e. The van der Waals surface area contributed by atoms with Crippen molar-refractivity contribution in [1.29, 1.82) is 5.26 Å². The normalized spacial score (nSPS) is 15.4. The molecule has 1 unspecified atom stereocenters. The number of nitrogens with zero attached hydrogens (tertiary/aromatic N) is 3. The molecular weight excluding hydrogens is 452 g/mol. The lowest BCUT2D eigenvalue weighted by Crippen LogP contribution is -2.43. The molecule has 1 aromatic carbocycles. The van der Waals surface area contributed by atoms with E-state index in [1.807, 2.05) is 11.8 Å². The van der Waals surface area contributed by atoms with Gasteiger partial charge in [-0.3, -0.25) is 14.3 Å². The van der Waals surface area contributed by atoms with Crippen LogP contribution in [0, 0.1) is 24.2 Å². The molecule has 3 rings (SSSR count). The molecule has 1 aromatic heterocycles. The summed E-state index contributed by atoms with van der Waals surface area (Å²) in [6.07, 6.45) is 1.99. The Morgan fingerprint density at radius 2 is 1.88 bits per heavy atom. The van der Waals surface area contributed by atoms with E-state index in [-0.39, 0.29) is 5.78 Å². The topological polar surface area (TPSA) is 120 Å². The number of amides is 1. The van der Waals surface area contributed by atoms with Gasteiger partial charge in [0.15, 0.2) is 5.78 Å². The number of aromatic nitrogens is 1. The molecule has 180 valence electrons. The van der Waals surface area contributed by atoms with Crippen LogP contribution in [0.15, 0.2) is 36.4 Å². The number of pyridine rings is 1. The van der Waals surface area contributed by atoms with E-state index in [0.717, 1.165) is 6.42 Å². The average molecular weight is 483 g/mol. The van der Waals surface area contributed by atoms with Crippen LogP contribution in [0.1, 0.15) is 72.0 Å². The monoisotopic (exact) mass is 482 g/mol. The Labute approximate surface area is 201 Å². The highest BCUT2D eigenvalue weighted by Gasteiger charge is 2.32. The highest BCUT2D eigenvalue weighted by Crippen LogP contribution is 2.28. The van der Waals surface area contributed by atoms with E-state index in [0.29, 0.717) is 60.6 Å². The first-order chi connectivity index (χ1) is 16.2. The molecule has 0 aliphatic carbocycles. The van der Waals surface area contributed by atoms with Crippen LogP contribution in [0.5, 0.6) is 0 Å². The summed E-state index contributed by atoms with van der Waals surface area (Å²) in [7, 11) is -3.86. The van der Waals surface area contributed by atoms with Crippen molar-refractivity contribution < 1.29 is 18.0 Å². The highest BCUT2D eigenvalue weighted by molar-refractivity contribution is 7.90. The number of benzene rings is 1. The average Bonchev–Trinajstić information content (AvgIpc) is 2.83. The van der Waals surface area contributed by atoms with Crippen LogP contribution in [0.3, 0.4) is 0 Å². The Morgan fingerprint density at radius 1 is 1.24 bits per heavy atom. The maximum atomic E-state index is 12.7. The van der Waals surface area contributed by atoms with E-state index >= 15 is 0 Å². The summed E-state index contributed by atoms with van der Waals surface area (Å²) in [5.74, 6) is -0.493. The van der Waals surface area contributed by atoms with Crippen molar-refractivity contribution in [2.75, 3.05) is 18.0 Å².